The lowest BCUT2D eigenvalue weighted by Gasteiger charge is -2.30. The van der Waals surface area contributed by atoms with E-state index in [1.807, 2.05) is 0 Å². The van der Waals surface area contributed by atoms with Gasteiger partial charge in [0.25, 0.3) is 5.24 Å². The van der Waals surface area contributed by atoms with Crippen LogP contribution in [-0.4, -0.2) is 29.1 Å². The normalized spacial score (nSPS) is 10.7. The van der Waals surface area contributed by atoms with Crippen LogP contribution in [0.3, 0.4) is 0 Å². The Morgan fingerprint density at radius 3 is 1.45 bits per heavy atom. The summed E-state index contributed by atoms with van der Waals surface area (Å²) in [6, 6.07) is 21.5. The van der Waals surface area contributed by atoms with Crippen molar-refractivity contribution in [2.24, 2.45) is 0 Å². The van der Waals surface area contributed by atoms with Gasteiger partial charge in [-0.3, -0.25) is 4.79 Å². The van der Waals surface area contributed by atoms with Gasteiger partial charge in [0.2, 0.25) is 0 Å². The van der Waals surface area contributed by atoms with Crippen molar-refractivity contribution in [2.75, 3.05) is 0 Å². The number of halogens is 1. The number of carbonyl (C=O) groups excluding carboxylic acids is 4. The predicted molar refractivity (Wildman–Crippen MR) is 119 cm³/mol. The number of esters is 3. The minimum absolute atomic E-state index is 0.113. The Bertz CT molecular complexity index is 1110. The number of rotatable bonds is 8. The Labute approximate surface area is 194 Å². The molecule has 0 radical (unpaired) electrons. The summed E-state index contributed by atoms with van der Waals surface area (Å²) in [5, 5.41) is -0.882. The summed E-state index contributed by atoms with van der Waals surface area (Å²) >= 11 is 5.57. The Balaban J connectivity index is 1.96. The third kappa shape index (κ3) is 5.84. The minimum atomic E-state index is -2.40. The molecule has 0 bridgehead atoms. The molecule has 33 heavy (non-hydrogen) atoms. The molecule has 0 aromatic heterocycles. The molecular formula is C25H19ClO7. The Morgan fingerprint density at radius 2 is 1.03 bits per heavy atom. The summed E-state index contributed by atoms with van der Waals surface area (Å²) < 4.78 is 16.2. The van der Waals surface area contributed by atoms with E-state index in [1.165, 1.54) is 55.5 Å². The van der Waals surface area contributed by atoms with Crippen molar-refractivity contribution in [1.82, 2.24) is 0 Å². The van der Waals surface area contributed by atoms with Crippen LogP contribution in [0.4, 0.5) is 0 Å². The van der Waals surface area contributed by atoms with Gasteiger partial charge in [0, 0.05) is 5.56 Å². The Morgan fingerprint density at radius 1 is 0.636 bits per heavy atom. The van der Waals surface area contributed by atoms with Gasteiger partial charge in [-0.05, 0) is 48.0 Å². The number of hydrogen-bond donors (Lipinski definition) is 0. The highest BCUT2D eigenvalue weighted by Gasteiger charge is 2.43. The molecule has 0 spiro atoms. The number of benzene rings is 3. The molecule has 0 fully saturated rings. The van der Waals surface area contributed by atoms with Crippen molar-refractivity contribution in [3.05, 3.63) is 107 Å². The van der Waals surface area contributed by atoms with Gasteiger partial charge in [-0.1, -0.05) is 55.5 Å². The molecule has 0 saturated heterocycles. The molecule has 0 aliphatic carbocycles. The fourth-order valence-electron chi connectivity index (χ4n) is 2.86. The van der Waals surface area contributed by atoms with E-state index in [2.05, 4.69) is 0 Å². The van der Waals surface area contributed by atoms with Gasteiger partial charge in [0.05, 0.1) is 23.1 Å². The highest BCUT2D eigenvalue weighted by atomic mass is 35.5. The second kappa shape index (κ2) is 10.6. The van der Waals surface area contributed by atoms with E-state index in [1.54, 1.807) is 36.4 Å². The molecule has 0 heterocycles. The molecular weight excluding hydrogens is 448 g/mol. The lowest BCUT2D eigenvalue weighted by molar-refractivity contribution is -0.301. The van der Waals surface area contributed by atoms with Gasteiger partial charge in [0.1, 0.15) is 0 Å². The van der Waals surface area contributed by atoms with Crippen molar-refractivity contribution in [1.29, 1.82) is 0 Å². The third-order valence-corrected chi connectivity index (χ3v) is 4.76. The molecule has 0 aliphatic heterocycles. The maximum Gasteiger partial charge on any atom is 0.423 e. The van der Waals surface area contributed by atoms with Crippen molar-refractivity contribution < 1.29 is 33.4 Å². The molecule has 8 heteroatoms. The van der Waals surface area contributed by atoms with Crippen LogP contribution < -0.4 is 0 Å². The number of ether oxygens (including phenoxy) is 3. The number of hydrogen-bond acceptors (Lipinski definition) is 7. The minimum Gasteiger partial charge on any atom is -0.384 e. The van der Waals surface area contributed by atoms with E-state index in [-0.39, 0.29) is 28.7 Å². The number of carbonyl (C=O) groups is 4. The summed E-state index contributed by atoms with van der Waals surface area (Å²) in [4.78, 5) is 50.2. The van der Waals surface area contributed by atoms with E-state index >= 15 is 0 Å². The molecule has 168 valence electrons. The van der Waals surface area contributed by atoms with E-state index in [0.29, 0.717) is 0 Å². The first-order chi connectivity index (χ1) is 15.8. The van der Waals surface area contributed by atoms with Crippen molar-refractivity contribution in [3.8, 4) is 0 Å². The second-order valence-electron chi connectivity index (χ2n) is 6.76. The van der Waals surface area contributed by atoms with E-state index in [0.717, 1.165) is 0 Å². The van der Waals surface area contributed by atoms with Crippen LogP contribution in [0.15, 0.2) is 84.9 Å². The zero-order chi connectivity index (χ0) is 23.8. The zero-order valence-electron chi connectivity index (χ0n) is 17.5. The topological polar surface area (TPSA) is 96.0 Å². The van der Waals surface area contributed by atoms with Crippen LogP contribution in [0.2, 0.25) is 0 Å². The quantitative estimate of drug-likeness (QED) is 0.262. The van der Waals surface area contributed by atoms with Crippen molar-refractivity contribution in [2.45, 2.75) is 19.3 Å². The average Bonchev–Trinajstić information content (AvgIpc) is 2.84. The van der Waals surface area contributed by atoms with Crippen LogP contribution in [0.25, 0.3) is 0 Å². The average molecular weight is 467 g/mol. The van der Waals surface area contributed by atoms with Gasteiger partial charge < -0.3 is 14.2 Å². The Hall–Kier alpha value is -3.97. The summed E-state index contributed by atoms with van der Waals surface area (Å²) in [5.74, 6) is -5.23. The molecule has 0 amide bonds. The first kappa shape index (κ1) is 23.7. The van der Waals surface area contributed by atoms with E-state index in [9.17, 15) is 19.2 Å². The van der Waals surface area contributed by atoms with Crippen LogP contribution in [0.5, 0.6) is 0 Å². The standard InChI is InChI=1S/C25H19ClO7/c1-2-25(31-22(28)17-11-5-3-6-12-17,32-23(29)18-13-7-4-8-14-18)33-24(30)20-16-10-9-15-19(20)21(26)27/h3-16H,2H2,1H3. The van der Waals surface area contributed by atoms with Crippen molar-refractivity contribution >= 4 is 34.8 Å². The highest BCUT2D eigenvalue weighted by Crippen LogP contribution is 2.27. The highest BCUT2D eigenvalue weighted by molar-refractivity contribution is 6.68. The van der Waals surface area contributed by atoms with Crippen LogP contribution in [0, 0.1) is 0 Å². The third-order valence-electron chi connectivity index (χ3n) is 4.56. The largest absolute Gasteiger partial charge is 0.423 e. The molecule has 0 atom stereocenters. The maximum absolute atomic E-state index is 13.0. The van der Waals surface area contributed by atoms with Gasteiger partial charge in [-0.2, -0.15) is 0 Å². The van der Waals surface area contributed by atoms with Crippen molar-refractivity contribution in [3.63, 3.8) is 0 Å². The zero-order valence-corrected chi connectivity index (χ0v) is 18.3. The van der Waals surface area contributed by atoms with Gasteiger partial charge in [-0.15, -0.1) is 0 Å². The van der Waals surface area contributed by atoms with Crippen LogP contribution in [-0.2, 0) is 14.2 Å². The van der Waals surface area contributed by atoms with Gasteiger partial charge in [-0.25, -0.2) is 14.4 Å². The fraction of sp³-hybridized carbons (Fsp3) is 0.120. The first-order valence-corrected chi connectivity index (χ1v) is 10.3. The smallest absolute Gasteiger partial charge is 0.384 e. The molecule has 3 rings (SSSR count). The summed E-state index contributed by atoms with van der Waals surface area (Å²) in [6.45, 7) is 1.50. The molecule has 0 aliphatic rings. The Kier molecular flexibility index (Phi) is 7.58. The first-order valence-electron chi connectivity index (χ1n) is 9.94. The molecule has 0 N–H and O–H groups in total. The summed E-state index contributed by atoms with van der Waals surface area (Å²) in [5.41, 5.74) is 0.0109. The van der Waals surface area contributed by atoms with Gasteiger partial charge >= 0.3 is 23.9 Å². The van der Waals surface area contributed by atoms with Gasteiger partial charge in [0.15, 0.2) is 0 Å². The second-order valence-corrected chi connectivity index (χ2v) is 7.10. The lowest BCUT2D eigenvalue weighted by atomic mass is 10.1. The SMILES string of the molecule is CCC(OC(=O)c1ccccc1)(OC(=O)c1ccccc1)OC(=O)c1ccccc1C(=O)Cl. The fourth-order valence-corrected chi connectivity index (χ4v) is 3.02. The molecule has 0 unspecified atom stereocenters. The van der Waals surface area contributed by atoms with E-state index < -0.39 is 29.1 Å². The molecule has 0 saturated carbocycles. The lowest BCUT2D eigenvalue weighted by Crippen LogP contribution is -2.44. The monoisotopic (exact) mass is 466 g/mol. The van der Waals surface area contributed by atoms with E-state index in [4.69, 9.17) is 25.8 Å². The van der Waals surface area contributed by atoms with Crippen LogP contribution in [0.1, 0.15) is 54.8 Å². The molecule has 3 aromatic carbocycles. The maximum atomic E-state index is 13.0. The molecule has 3 aromatic rings. The molecule has 7 nitrogen and oxygen atoms in total. The van der Waals surface area contributed by atoms with Crippen LogP contribution >= 0.6 is 11.6 Å². The summed E-state index contributed by atoms with van der Waals surface area (Å²) in [7, 11) is 0. The summed E-state index contributed by atoms with van der Waals surface area (Å²) in [6.07, 6.45) is -0.229. The predicted octanol–water partition coefficient (Wildman–Crippen LogP) is 5.00.